The van der Waals surface area contributed by atoms with Crippen LogP contribution in [-0.2, 0) is 4.79 Å². The van der Waals surface area contributed by atoms with E-state index in [9.17, 15) is 4.79 Å². The van der Waals surface area contributed by atoms with Gasteiger partial charge in [0.2, 0.25) is 11.8 Å². The van der Waals surface area contributed by atoms with Crippen molar-refractivity contribution in [3.8, 4) is 11.5 Å². The number of benzene rings is 1. The third-order valence-corrected chi connectivity index (χ3v) is 3.06. The third-order valence-electron chi connectivity index (χ3n) is 2.11. The van der Waals surface area contributed by atoms with Crippen molar-refractivity contribution in [3.63, 3.8) is 0 Å². The normalized spacial score (nSPS) is 12.3. The van der Waals surface area contributed by atoms with Gasteiger partial charge in [-0.2, -0.15) is 0 Å². The molecule has 0 aliphatic rings. The van der Waals surface area contributed by atoms with E-state index in [1.54, 1.807) is 6.92 Å². The molecule has 0 aliphatic carbocycles. The van der Waals surface area contributed by atoms with Gasteiger partial charge < -0.3 is 10.2 Å². The van der Waals surface area contributed by atoms with E-state index in [0.717, 1.165) is 17.3 Å². The van der Waals surface area contributed by atoms with Crippen LogP contribution in [0.2, 0.25) is 0 Å². The maximum atomic E-state index is 10.9. The maximum absolute atomic E-state index is 10.9. The Labute approximate surface area is 102 Å². The molecule has 6 heteroatoms. The zero-order valence-corrected chi connectivity index (χ0v) is 9.98. The summed E-state index contributed by atoms with van der Waals surface area (Å²) in [4.78, 5) is 10.9. The highest BCUT2D eigenvalue weighted by Crippen LogP contribution is 2.25. The molecular weight excluding hydrogens is 238 g/mol. The molecule has 0 spiro atoms. The monoisotopic (exact) mass is 249 g/mol. The van der Waals surface area contributed by atoms with Crippen molar-refractivity contribution in [2.45, 2.75) is 17.4 Å². The van der Waals surface area contributed by atoms with Crippen LogP contribution in [0.4, 0.5) is 0 Å². The van der Waals surface area contributed by atoms with Crippen molar-refractivity contribution in [1.29, 1.82) is 0 Å². The van der Waals surface area contributed by atoms with Crippen LogP contribution in [0.5, 0.6) is 0 Å². The number of aromatic nitrogens is 2. The number of nitrogens with two attached hydrogens (primary N) is 1. The summed E-state index contributed by atoms with van der Waals surface area (Å²) in [6.07, 6.45) is 0. The summed E-state index contributed by atoms with van der Waals surface area (Å²) in [5.41, 5.74) is 6.00. The van der Waals surface area contributed by atoms with Crippen molar-refractivity contribution >= 4 is 17.7 Å². The molecule has 1 aromatic heterocycles. The van der Waals surface area contributed by atoms with Gasteiger partial charge in [-0.15, -0.1) is 10.2 Å². The second-order valence-electron chi connectivity index (χ2n) is 3.40. The van der Waals surface area contributed by atoms with Gasteiger partial charge in [-0.05, 0) is 19.1 Å². The van der Waals surface area contributed by atoms with Crippen molar-refractivity contribution in [3.05, 3.63) is 30.3 Å². The molecule has 88 valence electrons. The standard InChI is InChI=1S/C11H11N3O2S/c1-7(9(12)15)17-11-14-13-10(16-11)8-5-3-2-4-6-8/h2-7H,1H3,(H2,12,15). The number of carbonyl (C=O) groups excluding carboxylic acids is 1. The predicted molar refractivity (Wildman–Crippen MR) is 64.2 cm³/mol. The second kappa shape index (κ2) is 5.01. The summed E-state index contributed by atoms with van der Waals surface area (Å²) in [5, 5.41) is 7.72. The SMILES string of the molecule is CC(Sc1nnc(-c2ccccc2)o1)C(N)=O. The number of hydrogen-bond donors (Lipinski definition) is 1. The van der Waals surface area contributed by atoms with E-state index >= 15 is 0 Å². The minimum atomic E-state index is -0.408. The Morgan fingerprint density at radius 1 is 1.35 bits per heavy atom. The highest BCUT2D eigenvalue weighted by Gasteiger charge is 2.15. The zero-order chi connectivity index (χ0) is 12.3. The highest BCUT2D eigenvalue weighted by atomic mass is 32.2. The summed E-state index contributed by atoms with van der Waals surface area (Å²) < 4.78 is 5.42. The first-order chi connectivity index (χ1) is 8.16. The summed E-state index contributed by atoms with van der Waals surface area (Å²) in [6, 6.07) is 9.43. The van der Waals surface area contributed by atoms with Gasteiger partial charge >= 0.3 is 0 Å². The molecule has 2 aromatic rings. The first-order valence-corrected chi connectivity index (χ1v) is 5.89. The Hall–Kier alpha value is -1.82. The summed E-state index contributed by atoms with van der Waals surface area (Å²) in [6.45, 7) is 1.69. The van der Waals surface area contributed by atoms with Gasteiger partial charge in [0.15, 0.2) is 0 Å². The number of amides is 1. The highest BCUT2D eigenvalue weighted by molar-refractivity contribution is 8.00. The molecule has 5 nitrogen and oxygen atoms in total. The van der Waals surface area contributed by atoms with Crippen molar-refractivity contribution in [1.82, 2.24) is 10.2 Å². The van der Waals surface area contributed by atoms with E-state index in [4.69, 9.17) is 10.2 Å². The number of primary amides is 1. The number of rotatable bonds is 4. The van der Waals surface area contributed by atoms with Crippen LogP contribution in [-0.4, -0.2) is 21.4 Å². The average molecular weight is 249 g/mol. The lowest BCUT2D eigenvalue weighted by Gasteiger charge is -2.00. The van der Waals surface area contributed by atoms with Crippen LogP contribution in [0.15, 0.2) is 40.0 Å². The fraction of sp³-hybridized carbons (Fsp3) is 0.182. The van der Waals surface area contributed by atoms with Gasteiger partial charge in [-0.25, -0.2) is 0 Å². The topological polar surface area (TPSA) is 82.0 Å². The first kappa shape index (κ1) is 11.7. The number of thioether (sulfide) groups is 1. The zero-order valence-electron chi connectivity index (χ0n) is 9.16. The number of carbonyl (C=O) groups is 1. The van der Waals surface area contributed by atoms with E-state index in [2.05, 4.69) is 10.2 Å². The lowest BCUT2D eigenvalue weighted by Crippen LogP contribution is -2.22. The summed E-state index contributed by atoms with van der Waals surface area (Å²) >= 11 is 1.15. The molecule has 2 N–H and O–H groups in total. The quantitative estimate of drug-likeness (QED) is 0.834. The first-order valence-electron chi connectivity index (χ1n) is 5.01. The molecule has 1 atom stereocenters. The lowest BCUT2D eigenvalue weighted by atomic mass is 10.2. The van der Waals surface area contributed by atoms with E-state index in [1.165, 1.54) is 0 Å². The fourth-order valence-corrected chi connectivity index (χ4v) is 1.80. The van der Waals surface area contributed by atoms with Crippen LogP contribution >= 0.6 is 11.8 Å². The fourth-order valence-electron chi connectivity index (χ4n) is 1.16. The van der Waals surface area contributed by atoms with Gasteiger partial charge in [-0.1, -0.05) is 30.0 Å². The van der Waals surface area contributed by atoms with Crippen molar-refractivity contribution < 1.29 is 9.21 Å². The van der Waals surface area contributed by atoms with E-state index in [1.807, 2.05) is 30.3 Å². The molecule has 17 heavy (non-hydrogen) atoms. The minimum absolute atomic E-state index is 0.343. The molecule has 2 rings (SSSR count). The molecule has 1 amide bonds. The Bertz CT molecular complexity index is 512. The average Bonchev–Trinajstić information content (AvgIpc) is 2.78. The molecule has 0 bridgehead atoms. The maximum Gasteiger partial charge on any atom is 0.277 e. The Balaban J connectivity index is 2.14. The Kier molecular flexibility index (Phi) is 3.43. The second-order valence-corrected chi connectivity index (χ2v) is 4.69. The Morgan fingerprint density at radius 3 is 2.71 bits per heavy atom. The number of nitrogens with zero attached hydrogens (tertiary/aromatic N) is 2. The molecule has 1 heterocycles. The van der Waals surface area contributed by atoms with Crippen molar-refractivity contribution in [2.75, 3.05) is 0 Å². The molecule has 0 saturated heterocycles. The largest absolute Gasteiger partial charge is 0.411 e. The van der Waals surface area contributed by atoms with Gasteiger partial charge in [0.25, 0.3) is 5.22 Å². The van der Waals surface area contributed by atoms with E-state index in [0.29, 0.717) is 11.1 Å². The van der Waals surface area contributed by atoms with Crippen LogP contribution < -0.4 is 5.73 Å². The van der Waals surface area contributed by atoms with Crippen LogP contribution in [0.3, 0.4) is 0 Å². The van der Waals surface area contributed by atoms with Crippen LogP contribution in [0.25, 0.3) is 11.5 Å². The predicted octanol–water partition coefficient (Wildman–Crippen LogP) is 1.70. The molecule has 0 radical (unpaired) electrons. The Morgan fingerprint density at radius 2 is 2.06 bits per heavy atom. The van der Waals surface area contributed by atoms with Gasteiger partial charge in [0.1, 0.15) is 0 Å². The molecule has 1 unspecified atom stereocenters. The smallest absolute Gasteiger partial charge is 0.277 e. The molecule has 0 fully saturated rings. The molecule has 0 aliphatic heterocycles. The van der Waals surface area contributed by atoms with Gasteiger partial charge in [0.05, 0.1) is 5.25 Å². The van der Waals surface area contributed by atoms with Gasteiger partial charge in [-0.3, -0.25) is 4.79 Å². The van der Waals surface area contributed by atoms with E-state index < -0.39 is 5.91 Å². The third kappa shape index (κ3) is 2.85. The summed E-state index contributed by atoms with van der Waals surface area (Å²) in [5.74, 6) is 0.0271. The van der Waals surface area contributed by atoms with E-state index in [-0.39, 0.29) is 5.25 Å². The summed E-state index contributed by atoms with van der Waals surface area (Å²) in [7, 11) is 0. The molecular formula is C11H11N3O2S. The molecule has 0 saturated carbocycles. The van der Waals surface area contributed by atoms with Crippen LogP contribution in [0, 0.1) is 0 Å². The van der Waals surface area contributed by atoms with Crippen LogP contribution in [0.1, 0.15) is 6.92 Å². The van der Waals surface area contributed by atoms with Crippen molar-refractivity contribution in [2.24, 2.45) is 5.73 Å². The number of hydrogen-bond acceptors (Lipinski definition) is 5. The lowest BCUT2D eigenvalue weighted by molar-refractivity contribution is -0.117. The van der Waals surface area contributed by atoms with Gasteiger partial charge in [0, 0.05) is 5.56 Å². The molecule has 1 aromatic carbocycles. The minimum Gasteiger partial charge on any atom is -0.411 e.